The summed E-state index contributed by atoms with van der Waals surface area (Å²) in [5.74, 6) is 0. The van der Waals surface area contributed by atoms with Crippen molar-refractivity contribution in [1.82, 2.24) is 9.62 Å². The van der Waals surface area contributed by atoms with E-state index in [1.54, 1.807) is 0 Å². The zero-order chi connectivity index (χ0) is 14.0. The second-order valence-electron chi connectivity index (χ2n) is 7.70. The van der Waals surface area contributed by atoms with Crippen molar-refractivity contribution in [3.63, 3.8) is 0 Å². The molecular formula is C15H33BN2. The second kappa shape index (κ2) is 5.96. The van der Waals surface area contributed by atoms with Gasteiger partial charge in [-0.15, -0.1) is 0 Å². The lowest BCUT2D eigenvalue weighted by Crippen LogP contribution is -2.67. The summed E-state index contributed by atoms with van der Waals surface area (Å²) in [5, 5.41) is 0. The molecule has 0 aliphatic carbocycles. The predicted octanol–water partition coefficient (Wildman–Crippen LogP) is 3.88. The summed E-state index contributed by atoms with van der Waals surface area (Å²) in [6.45, 7) is 19.6. The van der Waals surface area contributed by atoms with Gasteiger partial charge < -0.3 is 9.62 Å². The SMILES string of the molecule is CCCCB1N(C(C)(C)C)CCCN1C(C)(C)C. The van der Waals surface area contributed by atoms with Crippen LogP contribution in [0.2, 0.25) is 6.32 Å². The first-order valence-corrected chi connectivity index (χ1v) is 7.71. The molecule has 0 N–H and O–H groups in total. The first-order valence-electron chi connectivity index (χ1n) is 7.71. The van der Waals surface area contributed by atoms with Crippen LogP contribution in [0, 0.1) is 0 Å². The summed E-state index contributed by atoms with van der Waals surface area (Å²) in [6.07, 6.45) is 5.25. The van der Waals surface area contributed by atoms with Gasteiger partial charge in [-0.1, -0.05) is 19.8 Å². The van der Waals surface area contributed by atoms with Crippen LogP contribution in [0.3, 0.4) is 0 Å². The van der Waals surface area contributed by atoms with Crippen molar-refractivity contribution in [1.29, 1.82) is 0 Å². The van der Waals surface area contributed by atoms with Gasteiger partial charge in [-0.2, -0.15) is 0 Å². The van der Waals surface area contributed by atoms with E-state index < -0.39 is 0 Å². The van der Waals surface area contributed by atoms with Crippen LogP contribution in [0.5, 0.6) is 0 Å². The lowest BCUT2D eigenvalue weighted by molar-refractivity contribution is 0.136. The molecule has 0 saturated carbocycles. The smallest absolute Gasteiger partial charge is 0.311 e. The lowest BCUT2D eigenvalue weighted by Gasteiger charge is -2.52. The minimum absolute atomic E-state index is 0.280. The van der Waals surface area contributed by atoms with E-state index in [4.69, 9.17) is 0 Å². The van der Waals surface area contributed by atoms with Crippen LogP contribution in [-0.4, -0.2) is 40.8 Å². The van der Waals surface area contributed by atoms with E-state index in [-0.39, 0.29) is 11.1 Å². The molecule has 0 unspecified atom stereocenters. The van der Waals surface area contributed by atoms with E-state index in [1.807, 2.05) is 0 Å². The van der Waals surface area contributed by atoms with Gasteiger partial charge in [0.25, 0.3) is 0 Å². The Balaban J connectivity index is 2.90. The average Bonchev–Trinajstić information content (AvgIpc) is 2.23. The van der Waals surface area contributed by atoms with Gasteiger partial charge in [0.1, 0.15) is 0 Å². The van der Waals surface area contributed by atoms with Crippen molar-refractivity contribution in [2.24, 2.45) is 0 Å². The summed E-state index contributed by atoms with van der Waals surface area (Å²) in [5.41, 5.74) is 0.560. The fraction of sp³-hybridized carbons (Fsp3) is 1.00. The number of hydrogen-bond acceptors (Lipinski definition) is 2. The summed E-state index contributed by atoms with van der Waals surface area (Å²) in [4.78, 5) is 5.44. The highest BCUT2D eigenvalue weighted by Crippen LogP contribution is 2.29. The highest BCUT2D eigenvalue weighted by molar-refractivity contribution is 6.53. The normalized spacial score (nSPS) is 20.5. The Hall–Kier alpha value is -0.0151. The standard InChI is InChI=1S/C15H33BN2/c1-8-9-11-16-17(14(2,3)4)12-10-13-18(16)15(5,6)7/h8-13H2,1-7H3. The molecule has 1 aliphatic rings. The van der Waals surface area contributed by atoms with Crippen LogP contribution in [-0.2, 0) is 0 Å². The van der Waals surface area contributed by atoms with Gasteiger partial charge in [0.2, 0.25) is 0 Å². The molecule has 1 aliphatic heterocycles. The molecule has 1 saturated heterocycles. The van der Waals surface area contributed by atoms with Gasteiger partial charge in [-0.05, 0) is 67.4 Å². The van der Waals surface area contributed by atoms with Crippen molar-refractivity contribution in [3.8, 4) is 0 Å². The molecule has 0 amide bonds. The number of unbranched alkanes of at least 4 members (excludes halogenated alkanes) is 1. The molecule has 3 heteroatoms. The van der Waals surface area contributed by atoms with Gasteiger partial charge >= 0.3 is 6.98 Å². The fourth-order valence-corrected chi connectivity index (χ4v) is 3.14. The lowest BCUT2D eigenvalue weighted by atomic mass is 9.60. The first kappa shape index (κ1) is 16.0. The molecular weight excluding hydrogens is 219 g/mol. The van der Waals surface area contributed by atoms with Gasteiger partial charge in [-0.25, -0.2) is 0 Å². The zero-order valence-corrected chi connectivity index (χ0v) is 13.7. The Kier molecular flexibility index (Phi) is 5.31. The predicted molar refractivity (Wildman–Crippen MR) is 83.0 cm³/mol. The molecule has 0 radical (unpaired) electrons. The molecule has 0 atom stereocenters. The van der Waals surface area contributed by atoms with Crippen LogP contribution >= 0.6 is 0 Å². The van der Waals surface area contributed by atoms with Crippen molar-refractivity contribution in [2.75, 3.05) is 13.1 Å². The van der Waals surface area contributed by atoms with Gasteiger partial charge in [0, 0.05) is 11.1 Å². The van der Waals surface area contributed by atoms with Gasteiger partial charge in [-0.3, -0.25) is 0 Å². The monoisotopic (exact) mass is 252 g/mol. The maximum Gasteiger partial charge on any atom is 0.311 e. The highest BCUT2D eigenvalue weighted by atomic mass is 15.3. The molecule has 0 spiro atoms. The van der Waals surface area contributed by atoms with Gasteiger partial charge in [0.15, 0.2) is 0 Å². The van der Waals surface area contributed by atoms with Crippen molar-refractivity contribution in [2.45, 2.75) is 85.1 Å². The molecule has 1 heterocycles. The molecule has 0 aromatic carbocycles. The summed E-state index contributed by atoms with van der Waals surface area (Å²) in [6, 6.07) is 0. The first-order chi connectivity index (χ1) is 8.18. The molecule has 18 heavy (non-hydrogen) atoms. The topological polar surface area (TPSA) is 6.48 Å². The maximum absolute atomic E-state index is 2.72. The zero-order valence-electron chi connectivity index (χ0n) is 13.7. The van der Waals surface area contributed by atoms with Crippen LogP contribution in [0.15, 0.2) is 0 Å². The third kappa shape index (κ3) is 3.99. The number of rotatable bonds is 3. The van der Waals surface area contributed by atoms with Crippen LogP contribution in [0.25, 0.3) is 0 Å². The van der Waals surface area contributed by atoms with Crippen molar-refractivity contribution >= 4 is 6.98 Å². The Morgan fingerprint density at radius 3 is 1.67 bits per heavy atom. The Morgan fingerprint density at radius 2 is 1.33 bits per heavy atom. The van der Waals surface area contributed by atoms with Crippen LogP contribution < -0.4 is 0 Å². The number of hydrogen-bond donors (Lipinski definition) is 0. The Bertz CT molecular complexity index is 230. The Morgan fingerprint density at radius 1 is 0.889 bits per heavy atom. The van der Waals surface area contributed by atoms with E-state index in [1.165, 1.54) is 38.7 Å². The Labute approximate surface area is 115 Å². The second-order valence-corrected chi connectivity index (χ2v) is 7.70. The maximum atomic E-state index is 2.72. The fourth-order valence-electron chi connectivity index (χ4n) is 3.14. The van der Waals surface area contributed by atoms with E-state index in [0.717, 1.165) is 0 Å². The third-order valence-corrected chi connectivity index (χ3v) is 4.06. The minimum atomic E-state index is 0.280. The molecule has 0 bridgehead atoms. The summed E-state index contributed by atoms with van der Waals surface area (Å²) >= 11 is 0. The van der Waals surface area contributed by atoms with E-state index in [0.29, 0.717) is 6.98 Å². The molecule has 0 aromatic rings. The quantitative estimate of drug-likeness (QED) is 0.703. The molecule has 0 aromatic heterocycles. The summed E-state index contributed by atoms with van der Waals surface area (Å²) in [7, 11) is 0. The van der Waals surface area contributed by atoms with E-state index in [2.05, 4.69) is 58.1 Å². The van der Waals surface area contributed by atoms with E-state index >= 15 is 0 Å². The van der Waals surface area contributed by atoms with Crippen LogP contribution in [0.4, 0.5) is 0 Å². The third-order valence-electron chi connectivity index (χ3n) is 4.06. The molecule has 1 rings (SSSR count). The highest BCUT2D eigenvalue weighted by Gasteiger charge is 2.42. The largest absolute Gasteiger partial charge is 0.323 e. The molecule has 2 nitrogen and oxygen atoms in total. The van der Waals surface area contributed by atoms with Crippen LogP contribution in [0.1, 0.15) is 67.7 Å². The van der Waals surface area contributed by atoms with Gasteiger partial charge in [0.05, 0.1) is 0 Å². The minimum Gasteiger partial charge on any atom is -0.323 e. The molecule has 106 valence electrons. The summed E-state index contributed by atoms with van der Waals surface area (Å²) < 4.78 is 0. The molecule has 1 fully saturated rings. The average molecular weight is 252 g/mol. The van der Waals surface area contributed by atoms with Crippen molar-refractivity contribution < 1.29 is 0 Å². The van der Waals surface area contributed by atoms with E-state index in [9.17, 15) is 0 Å². The van der Waals surface area contributed by atoms with Crippen molar-refractivity contribution in [3.05, 3.63) is 0 Å². The number of nitrogens with zero attached hydrogens (tertiary/aromatic N) is 2.